The minimum Gasteiger partial charge on any atom is -0.496 e. The van der Waals surface area contributed by atoms with Gasteiger partial charge in [0.2, 0.25) is 0 Å². The lowest BCUT2D eigenvalue weighted by atomic mass is 9.97. The van der Waals surface area contributed by atoms with E-state index in [-0.39, 0.29) is 0 Å². The van der Waals surface area contributed by atoms with Crippen molar-refractivity contribution in [2.45, 2.75) is 39.0 Å². The summed E-state index contributed by atoms with van der Waals surface area (Å²) in [6.07, 6.45) is 7.11. The number of likely N-dealkylation sites (tertiary alicyclic amines) is 1. The van der Waals surface area contributed by atoms with Crippen molar-refractivity contribution in [1.29, 1.82) is 0 Å². The Morgan fingerprint density at radius 3 is 2.41 bits per heavy atom. The maximum atomic E-state index is 6.21. The highest BCUT2D eigenvalue weighted by atomic mass is 32.1. The highest BCUT2D eigenvalue weighted by molar-refractivity contribution is 7.22. The number of methoxy groups -OCH3 is 1. The number of thiophene rings is 1. The highest BCUT2D eigenvalue weighted by Gasteiger charge is 2.18. The third-order valence-corrected chi connectivity index (χ3v) is 9.85. The SMILES string of the molecule is COc1cc(Cc2c(-c3ccc(OCCn4cccn4)cc3)sc3cc(OCc4ccccc4)ccc23)ccc1CN1CCCC1. The molecule has 234 valence electrons. The molecule has 1 saturated heterocycles. The van der Waals surface area contributed by atoms with Gasteiger partial charge in [-0.05, 0) is 115 Å². The molecule has 7 rings (SSSR count). The summed E-state index contributed by atoms with van der Waals surface area (Å²) in [7, 11) is 1.79. The molecule has 3 heterocycles. The molecule has 1 fully saturated rings. The average Bonchev–Trinajstić information content (AvgIpc) is 3.88. The van der Waals surface area contributed by atoms with Crippen molar-refractivity contribution < 1.29 is 14.2 Å². The molecule has 0 bridgehead atoms. The van der Waals surface area contributed by atoms with Gasteiger partial charge in [0.15, 0.2) is 0 Å². The summed E-state index contributed by atoms with van der Waals surface area (Å²) in [5.74, 6) is 2.71. The fourth-order valence-electron chi connectivity index (χ4n) is 6.18. The largest absolute Gasteiger partial charge is 0.496 e. The molecule has 0 atom stereocenters. The van der Waals surface area contributed by atoms with E-state index in [2.05, 4.69) is 82.8 Å². The molecule has 0 radical (unpaired) electrons. The standard InChI is InChI=1S/C39H39N3O3S/c1-43-37-25-30(10-11-32(37)27-41-19-5-6-20-41)24-36-35-17-16-34(45-28-29-8-3-2-4-9-29)26-38(35)46-39(36)31-12-14-33(15-13-31)44-23-22-42-21-7-18-40-42/h2-4,7-18,21,25-26H,5-6,19-20,22-24,27-28H2,1H3. The predicted molar refractivity (Wildman–Crippen MR) is 186 cm³/mol. The molecular weight excluding hydrogens is 591 g/mol. The second-order valence-electron chi connectivity index (χ2n) is 11.8. The van der Waals surface area contributed by atoms with Gasteiger partial charge in [-0.2, -0.15) is 5.10 Å². The molecule has 0 aliphatic carbocycles. The number of ether oxygens (including phenoxy) is 3. The summed E-state index contributed by atoms with van der Waals surface area (Å²) in [5, 5.41) is 5.51. The lowest BCUT2D eigenvalue weighted by Crippen LogP contribution is -2.18. The molecule has 0 unspecified atom stereocenters. The lowest BCUT2D eigenvalue weighted by Gasteiger charge is -2.18. The number of rotatable bonds is 13. The zero-order valence-electron chi connectivity index (χ0n) is 26.2. The van der Waals surface area contributed by atoms with Crippen molar-refractivity contribution in [3.05, 3.63) is 132 Å². The number of hydrogen-bond donors (Lipinski definition) is 0. The molecule has 1 aliphatic heterocycles. The Balaban J connectivity index is 1.16. The molecule has 1 aliphatic rings. The summed E-state index contributed by atoms with van der Waals surface area (Å²) in [6.45, 7) is 5.10. The second-order valence-corrected chi connectivity index (χ2v) is 12.8. The Labute approximate surface area is 274 Å². The molecule has 7 heteroatoms. The van der Waals surface area contributed by atoms with Gasteiger partial charge < -0.3 is 14.2 Å². The van der Waals surface area contributed by atoms with Gasteiger partial charge in [-0.15, -0.1) is 11.3 Å². The summed E-state index contributed by atoms with van der Waals surface area (Å²) in [4.78, 5) is 3.78. The van der Waals surface area contributed by atoms with E-state index >= 15 is 0 Å². The molecule has 0 N–H and O–H groups in total. The Bertz CT molecular complexity index is 1860. The molecule has 6 nitrogen and oxygen atoms in total. The van der Waals surface area contributed by atoms with Crippen molar-refractivity contribution in [1.82, 2.24) is 14.7 Å². The first-order valence-electron chi connectivity index (χ1n) is 16.0. The molecular formula is C39H39N3O3S. The van der Waals surface area contributed by atoms with Crippen LogP contribution in [0.15, 0.2) is 109 Å². The number of aromatic nitrogens is 2. The lowest BCUT2D eigenvalue weighted by molar-refractivity contribution is 0.291. The summed E-state index contributed by atoms with van der Waals surface area (Å²) in [6, 6.07) is 34.0. The van der Waals surface area contributed by atoms with E-state index in [0.717, 1.165) is 35.8 Å². The van der Waals surface area contributed by atoms with Crippen LogP contribution >= 0.6 is 11.3 Å². The first-order chi connectivity index (χ1) is 22.7. The van der Waals surface area contributed by atoms with Crippen LogP contribution in [0.2, 0.25) is 0 Å². The molecule has 0 spiro atoms. The van der Waals surface area contributed by atoms with Crippen LogP contribution in [-0.2, 0) is 26.1 Å². The summed E-state index contributed by atoms with van der Waals surface area (Å²) < 4.78 is 21.2. The maximum absolute atomic E-state index is 6.21. The number of hydrogen-bond acceptors (Lipinski definition) is 6. The van der Waals surface area contributed by atoms with Gasteiger partial charge in [0.05, 0.1) is 13.7 Å². The average molecular weight is 630 g/mol. The first kappa shape index (κ1) is 30.1. The van der Waals surface area contributed by atoms with Crippen LogP contribution in [0, 0.1) is 0 Å². The van der Waals surface area contributed by atoms with E-state index in [1.165, 1.54) is 63.1 Å². The fourth-order valence-corrected chi connectivity index (χ4v) is 7.43. The van der Waals surface area contributed by atoms with Gasteiger partial charge in [-0.3, -0.25) is 9.58 Å². The van der Waals surface area contributed by atoms with Crippen LogP contribution in [0.5, 0.6) is 17.2 Å². The van der Waals surface area contributed by atoms with Gasteiger partial charge in [-0.1, -0.05) is 42.5 Å². The van der Waals surface area contributed by atoms with Crippen molar-refractivity contribution in [2.75, 3.05) is 26.8 Å². The van der Waals surface area contributed by atoms with Crippen LogP contribution in [0.25, 0.3) is 20.5 Å². The van der Waals surface area contributed by atoms with E-state index in [1.54, 1.807) is 13.3 Å². The zero-order valence-corrected chi connectivity index (χ0v) is 27.0. The molecule has 46 heavy (non-hydrogen) atoms. The Kier molecular flexibility index (Phi) is 9.31. The van der Waals surface area contributed by atoms with E-state index in [1.807, 2.05) is 46.5 Å². The van der Waals surface area contributed by atoms with Gasteiger partial charge >= 0.3 is 0 Å². The summed E-state index contributed by atoms with van der Waals surface area (Å²) >= 11 is 1.82. The minimum atomic E-state index is 0.545. The smallest absolute Gasteiger partial charge is 0.123 e. The molecule has 4 aromatic carbocycles. The van der Waals surface area contributed by atoms with Gasteiger partial charge in [0, 0.05) is 34.1 Å². The fraction of sp³-hybridized carbons (Fsp3) is 0.256. The topological polar surface area (TPSA) is 48.8 Å². The predicted octanol–water partition coefficient (Wildman–Crippen LogP) is 8.62. The van der Waals surface area contributed by atoms with E-state index in [0.29, 0.717) is 19.8 Å². The van der Waals surface area contributed by atoms with Crippen LogP contribution in [0.3, 0.4) is 0 Å². The Morgan fingerprint density at radius 2 is 1.63 bits per heavy atom. The molecule has 2 aromatic heterocycles. The Hall–Kier alpha value is -4.59. The van der Waals surface area contributed by atoms with Gasteiger partial charge in [0.25, 0.3) is 0 Å². The zero-order chi connectivity index (χ0) is 31.1. The monoisotopic (exact) mass is 629 g/mol. The minimum absolute atomic E-state index is 0.545. The number of nitrogens with zero attached hydrogens (tertiary/aromatic N) is 3. The molecule has 0 saturated carbocycles. The van der Waals surface area contributed by atoms with Crippen molar-refractivity contribution in [3.8, 4) is 27.7 Å². The number of fused-ring (bicyclic) bond motifs is 1. The van der Waals surface area contributed by atoms with E-state index in [9.17, 15) is 0 Å². The van der Waals surface area contributed by atoms with Crippen LogP contribution in [0.1, 0.15) is 35.1 Å². The van der Waals surface area contributed by atoms with E-state index in [4.69, 9.17) is 14.2 Å². The maximum Gasteiger partial charge on any atom is 0.123 e. The highest BCUT2D eigenvalue weighted by Crippen LogP contribution is 2.42. The summed E-state index contributed by atoms with van der Waals surface area (Å²) in [5.41, 5.74) is 6.15. The van der Waals surface area contributed by atoms with Crippen LogP contribution < -0.4 is 14.2 Å². The third-order valence-electron chi connectivity index (χ3n) is 8.60. The van der Waals surface area contributed by atoms with Crippen molar-refractivity contribution >= 4 is 21.4 Å². The molecule has 6 aromatic rings. The van der Waals surface area contributed by atoms with Crippen molar-refractivity contribution in [3.63, 3.8) is 0 Å². The third kappa shape index (κ3) is 7.11. The second kappa shape index (κ2) is 14.2. The molecule has 0 amide bonds. The Morgan fingerprint density at radius 1 is 0.804 bits per heavy atom. The normalized spacial score (nSPS) is 13.3. The van der Waals surface area contributed by atoms with E-state index < -0.39 is 0 Å². The van der Waals surface area contributed by atoms with Crippen molar-refractivity contribution in [2.24, 2.45) is 0 Å². The van der Waals surface area contributed by atoms with Crippen LogP contribution in [-0.4, -0.2) is 41.5 Å². The quantitative estimate of drug-likeness (QED) is 0.128. The number of benzene rings is 4. The van der Waals surface area contributed by atoms with Crippen LogP contribution in [0.4, 0.5) is 0 Å². The first-order valence-corrected chi connectivity index (χ1v) is 16.8. The van der Waals surface area contributed by atoms with Gasteiger partial charge in [-0.25, -0.2) is 0 Å². The van der Waals surface area contributed by atoms with Gasteiger partial charge in [0.1, 0.15) is 30.5 Å².